The van der Waals surface area contributed by atoms with Crippen LogP contribution in [0.4, 0.5) is 10.6 Å². The van der Waals surface area contributed by atoms with Gasteiger partial charge in [0.2, 0.25) is 0 Å². The van der Waals surface area contributed by atoms with Gasteiger partial charge in [-0.25, -0.2) is 9.78 Å². The Morgan fingerprint density at radius 1 is 1.31 bits per heavy atom. The van der Waals surface area contributed by atoms with Crippen molar-refractivity contribution >= 4 is 33.7 Å². The SMILES string of the molecule is CC(C)C1C(=O)N(C)C(=O)N1c1cn2c(n1)-c1ccc(Br)cc1OCC2. The van der Waals surface area contributed by atoms with E-state index in [9.17, 15) is 9.59 Å². The molecule has 26 heavy (non-hydrogen) atoms. The standard InChI is InChI=1S/C18H19BrN4O3/c1-10(2)15-17(24)21(3)18(25)23(15)14-9-22-6-7-26-13-8-11(19)4-5-12(13)16(22)20-14/h4-5,8-10,15H,6-7H2,1-3H3. The zero-order chi connectivity index (χ0) is 18.6. The van der Waals surface area contributed by atoms with Gasteiger partial charge in [0.25, 0.3) is 5.91 Å². The lowest BCUT2D eigenvalue weighted by Crippen LogP contribution is -2.39. The van der Waals surface area contributed by atoms with Crippen LogP contribution in [0.1, 0.15) is 13.8 Å². The highest BCUT2D eigenvalue weighted by Gasteiger charge is 2.46. The molecule has 1 saturated heterocycles. The molecule has 0 saturated carbocycles. The molecule has 1 aromatic heterocycles. The first-order valence-corrected chi connectivity index (χ1v) is 9.28. The number of amides is 3. The molecule has 1 atom stereocenters. The number of rotatable bonds is 2. The molecule has 2 aliphatic rings. The number of fused-ring (bicyclic) bond motifs is 3. The number of carbonyl (C=O) groups is 2. The maximum Gasteiger partial charge on any atom is 0.332 e. The van der Waals surface area contributed by atoms with Crippen LogP contribution in [0.15, 0.2) is 28.9 Å². The fourth-order valence-electron chi connectivity index (χ4n) is 3.47. The number of hydrogen-bond donors (Lipinski definition) is 0. The van der Waals surface area contributed by atoms with Gasteiger partial charge in [0.15, 0.2) is 5.82 Å². The van der Waals surface area contributed by atoms with Gasteiger partial charge in [-0.3, -0.25) is 14.6 Å². The lowest BCUT2D eigenvalue weighted by Gasteiger charge is -2.22. The van der Waals surface area contributed by atoms with Crippen molar-refractivity contribution in [2.75, 3.05) is 18.6 Å². The number of urea groups is 1. The molecule has 1 aromatic carbocycles. The van der Waals surface area contributed by atoms with E-state index in [0.717, 1.165) is 21.6 Å². The number of halogens is 1. The molecule has 4 rings (SSSR count). The number of carbonyl (C=O) groups excluding carboxylic acids is 2. The van der Waals surface area contributed by atoms with Gasteiger partial charge < -0.3 is 9.30 Å². The first-order chi connectivity index (χ1) is 12.4. The van der Waals surface area contributed by atoms with Crippen molar-refractivity contribution in [1.82, 2.24) is 14.5 Å². The number of nitrogens with zero attached hydrogens (tertiary/aromatic N) is 4. The van der Waals surface area contributed by atoms with Crippen molar-refractivity contribution in [2.45, 2.75) is 26.4 Å². The second-order valence-corrected chi connectivity index (χ2v) is 7.76. The Bertz CT molecular complexity index is 908. The van der Waals surface area contributed by atoms with Gasteiger partial charge in [-0.15, -0.1) is 0 Å². The molecule has 136 valence electrons. The van der Waals surface area contributed by atoms with Crippen molar-refractivity contribution in [3.05, 3.63) is 28.9 Å². The normalized spacial score (nSPS) is 19.5. The molecular formula is C18H19BrN4O3. The summed E-state index contributed by atoms with van der Waals surface area (Å²) in [6.07, 6.45) is 1.83. The minimum atomic E-state index is -0.535. The molecule has 0 spiro atoms. The number of ether oxygens (including phenoxy) is 1. The summed E-state index contributed by atoms with van der Waals surface area (Å²) in [6.45, 7) is 4.99. The third kappa shape index (κ3) is 2.51. The molecule has 1 fully saturated rings. The number of imide groups is 1. The van der Waals surface area contributed by atoms with E-state index in [0.29, 0.717) is 19.0 Å². The summed E-state index contributed by atoms with van der Waals surface area (Å²) in [5.41, 5.74) is 0.865. The average molecular weight is 419 g/mol. The molecule has 8 heteroatoms. The predicted octanol–water partition coefficient (Wildman–Crippen LogP) is 3.13. The average Bonchev–Trinajstić information content (AvgIpc) is 3.04. The largest absolute Gasteiger partial charge is 0.491 e. The quantitative estimate of drug-likeness (QED) is 0.702. The smallest absolute Gasteiger partial charge is 0.332 e. The van der Waals surface area contributed by atoms with Gasteiger partial charge in [0, 0.05) is 17.7 Å². The summed E-state index contributed by atoms with van der Waals surface area (Å²) in [7, 11) is 1.52. The summed E-state index contributed by atoms with van der Waals surface area (Å²) in [4.78, 5) is 32.5. The molecule has 2 aromatic rings. The zero-order valence-electron chi connectivity index (χ0n) is 14.8. The van der Waals surface area contributed by atoms with Crippen LogP contribution in [0.2, 0.25) is 0 Å². The molecule has 1 unspecified atom stereocenters. The second-order valence-electron chi connectivity index (χ2n) is 6.84. The van der Waals surface area contributed by atoms with E-state index in [2.05, 4.69) is 15.9 Å². The van der Waals surface area contributed by atoms with Crippen molar-refractivity contribution in [2.24, 2.45) is 5.92 Å². The molecular weight excluding hydrogens is 400 g/mol. The maximum atomic E-state index is 12.7. The van der Waals surface area contributed by atoms with Crippen LogP contribution in [-0.2, 0) is 11.3 Å². The number of imidazole rings is 1. The first-order valence-electron chi connectivity index (χ1n) is 8.49. The molecule has 7 nitrogen and oxygen atoms in total. The minimum Gasteiger partial charge on any atom is -0.491 e. The van der Waals surface area contributed by atoms with Gasteiger partial charge in [0.05, 0.1) is 12.1 Å². The monoisotopic (exact) mass is 418 g/mol. The van der Waals surface area contributed by atoms with Crippen molar-refractivity contribution in [3.8, 4) is 17.1 Å². The lowest BCUT2D eigenvalue weighted by atomic mass is 10.0. The molecule has 2 aliphatic heterocycles. The van der Waals surface area contributed by atoms with Crippen LogP contribution in [-0.4, -0.2) is 46.1 Å². The minimum absolute atomic E-state index is 0.00974. The Hall–Kier alpha value is -2.35. The van der Waals surface area contributed by atoms with Crippen LogP contribution in [0.3, 0.4) is 0 Å². The molecule has 0 bridgehead atoms. The summed E-state index contributed by atoms with van der Waals surface area (Å²) >= 11 is 3.46. The highest BCUT2D eigenvalue weighted by molar-refractivity contribution is 9.10. The third-order valence-corrected chi connectivity index (χ3v) is 5.26. The molecule has 0 radical (unpaired) electrons. The lowest BCUT2D eigenvalue weighted by molar-refractivity contribution is -0.127. The van der Waals surface area contributed by atoms with Gasteiger partial charge in [-0.05, 0) is 24.1 Å². The molecule has 3 heterocycles. The van der Waals surface area contributed by atoms with E-state index >= 15 is 0 Å². The van der Waals surface area contributed by atoms with Crippen LogP contribution in [0.5, 0.6) is 5.75 Å². The van der Waals surface area contributed by atoms with Crippen LogP contribution in [0.25, 0.3) is 11.4 Å². The summed E-state index contributed by atoms with van der Waals surface area (Å²) in [5.74, 6) is 1.77. The van der Waals surface area contributed by atoms with Crippen LogP contribution in [0, 0.1) is 5.92 Å². The van der Waals surface area contributed by atoms with Gasteiger partial charge in [0.1, 0.15) is 24.2 Å². The number of aromatic nitrogens is 2. The van der Waals surface area contributed by atoms with E-state index in [1.807, 2.05) is 42.8 Å². The van der Waals surface area contributed by atoms with E-state index in [1.165, 1.54) is 16.8 Å². The fraction of sp³-hybridized carbons (Fsp3) is 0.389. The molecule has 0 N–H and O–H groups in total. The molecule has 3 amide bonds. The van der Waals surface area contributed by atoms with E-state index in [4.69, 9.17) is 9.72 Å². The molecule has 0 aliphatic carbocycles. The first kappa shape index (κ1) is 17.1. The summed E-state index contributed by atoms with van der Waals surface area (Å²) in [5, 5.41) is 0. The van der Waals surface area contributed by atoms with E-state index in [1.54, 1.807) is 0 Å². The maximum absolute atomic E-state index is 12.7. The second kappa shape index (κ2) is 6.12. The van der Waals surface area contributed by atoms with Crippen molar-refractivity contribution < 1.29 is 14.3 Å². The number of benzene rings is 1. The van der Waals surface area contributed by atoms with Gasteiger partial charge in [-0.2, -0.15) is 0 Å². The topological polar surface area (TPSA) is 67.7 Å². The fourth-order valence-corrected chi connectivity index (χ4v) is 3.81. The Kier molecular flexibility index (Phi) is 4.02. The van der Waals surface area contributed by atoms with Crippen molar-refractivity contribution in [1.29, 1.82) is 0 Å². The number of likely N-dealkylation sites (N-methyl/N-ethyl adjacent to an activating group) is 1. The van der Waals surface area contributed by atoms with Crippen molar-refractivity contribution in [3.63, 3.8) is 0 Å². The third-order valence-electron chi connectivity index (χ3n) is 4.77. The van der Waals surface area contributed by atoms with Gasteiger partial charge >= 0.3 is 6.03 Å². The van der Waals surface area contributed by atoms with E-state index in [-0.39, 0.29) is 17.9 Å². The highest BCUT2D eigenvalue weighted by atomic mass is 79.9. The highest BCUT2D eigenvalue weighted by Crippen LogP contribution is 2.37. The van der Waals surface area contributed by atoms with E-state index < -0.39 is 6.04 Å². The van der Waals surface area contributed by atoms with Crippen LogP contribution < -0.4 is 9.64 Å². The number of anilines is 1. The predicted molar refractivity (Wildman–Crippen MR) is 100 cm³/mol. The Morgan fingerprint density at radius 2 is 2.08 bits per heavy atom. The van der Waals surface area contributed by atoms with Crippen LogP contribution >= 0.6 is 15.9 Å². The summed E-state index contributed by atoms with van der Waals surface area (Å²) < 4.78 is 8.72. The Balaban J connectivity index is 1.82. The zero-order valence-corrected chi connectivity index (χ0v) is 16.4. The summed E-state index contributed by atoms with van der Waals surface area (Å²) in [6, 6.07) is 4.91. The van der Waals surface area contributed by atoms with Gasteiger partial charge in [-0.1, -0.05) is 29.8 Å². The Labute approximate surface area is 159 Å². The Morgan fingerprint density at radius 3 is 2.81 bits per heavy atom. The number of hydrogen-bond acceptors (Lipinski definition) is 4.